The highest BCUT2D eigenvalue weighted by molar-refractivity contribution is 9.11. The normalized spacial score (nSPS) is 11.3. The van der Waals surface area contributed by atoms with Crippen LogP contribution in [0.4, 0.5) is 5.82 Å². The highest BCUT2D eigenvalue weighted by Crippen LogP contribution is 2.30. The van der Waals surface area contributed by atoms with Crippen molar-refractivity contribution in [3.05, 3.63) is 69.5 Å². The van der Waals surface area contributed by atoms with Gasteiger partial charge in [0.2, 0.25) is 0 Å². The second-order valence-electron chi connectivity index (χ2n) is 5.55. The monoisotopic (exact) mass is 486 g/mol. The number of phenols is 1. The molecule has 2 N–H and O–H groups in total. The van der Waals surface area contributed by atoms with Crippen LogP contribution in [0.25, 0.3) is 16.7 Å². The summed E-state index contributed by atoms with van der Waals surface area (Å²) >= 11 is 6.68. The number of hydrogen-bond donors (Lipinski definition) is 2. The van der Waals surface area contributed by atoms with Gasteiger partial charge in [-0.2, -0.15) is 10.2 Å². The predicted molar refractivity (Wildman–Crippen MR) is 111 cm³/mol. The van der Waals surface area contributed by atoms with Crippen molar-refractivity contribution in [2.75, 3.05) is 5.43 Å². The van der Waals surface area contributed by atoms with Gasteiger partial charge >= 0.3 is 0 Å². The number of para-hydroxylation sites is 1. The Morgan fingerprint density at radius 1 is 1.11 bits per heavy atom. The Kier molecular flexibility index (Phi) is 4.87. The standard InChI is InChI=1S/C18H12Br2N6O/c19-12-6-11(16(27)15(20)7-12)8-23-25-17-14-9-24-26(18(14)22-10-21-17)13-4-2-1-3-5-13/h1-10,27H,(H,21,22,25). The molecule has 0 spiro atoms. The number of phenolic OH excluding ortho intramolecular Hbond substituents is 1. The van der Waals surface area contributed by atoms with Gasteiger partial charge in [0.05, 0.1) is 28.0 Å². The molecule has 4 aromatic rings. The van der Waals surface area contributed by atoms with Gasteiger partial charge in [-0.05, 0) is 40.2 Å². The number of hydrogen-bond acceptors (Lipinski definition) is 6. The molecule has 2 aromatic carbocycles. The van der Waals surface area contributed by atoms with Gasteiger partial charge < -0.3 is 5.11 Å². The molecule has 0 aliphatic heterocycles. The molecule has 0 amide bonds. The first-order valence-corrected chi connectivity index (χ1v) is 9.43. The van der Waals surface area contributed by atoms with E-state index in [1.807, 2.05) is 30.3 Å². The van der Waals surface area contributed by atoms with Crippen LogP contribution in [0, 0.1) is 0 Å². The molecule has 2 aromatic heterocycles. The Balaban J connectivity index is 1.65. The lowest BCUT2D eigenvalue weighted by Gasteiger charge is -2.04. The van der Waals surface area contributed by atoms with E-state index in [2.05, 4.69) is 57.5 Å². The summed E-state index contributed by atoms with van der Waals surface area (Å²) in [5.41, 5.74) is 5.02. The minimum Gasteiger partial charge on any atom is -0.506 e. The molecule has 9 heteroatoms. The minimum absolute atomic E-state index is 0.105. The molecule has 0 fully saturated rings. The second kappa shape index (κ2) is 7.45. The molecule has 4 rings (SSSR count). The first-order valence-electron chi connectivity index (χ1n) is 7.85. The van der Waals surface area contributed by atoms with Crippen LogP contribution in [-0.2, 0) is 0 Å². The predicted octanol–water partition coefficient (Wildman–Crippen LogP) is 4.49. The van der Waals surface area contributed by atoms with Crippen molar-refractivity contribution in [1.29, 1.82) is 0 Å². The smallest absolute Gasteiger partial charge is 0.168 e. The van der Waals surface area contributed by atoms with Crippen molar-refractivity contribution in [3.8, 4) is 11.4 Å². The minimum atomic E-state index is 0.105. The average Bonchev–Trinajstić information content (AvgIpc) is 3.11. The number of nitrogens with one attached hydrogen (secondary N) is 1. The summed E-state index contributed by atoms with van der Waals surface area (Å²) in [5, 5.41) is 19.4. The number of benzene rings is 2. The SMILES string of the molecule is Oc1c(Br)cc(Br)cc1C=NNc1ncnc2c1cnn2-c1ccccc1. The third-order valence-corrected chi connectivity index (χ3v) is 4.86. The zero-order valence-corrected chi connectivity index (χ0v) is 16.9. The highest BCUT2D eigenvalue weighted by Gasteiger charge is 2.11. The van der Waals surface area contributed by atoms with Crippen molar-refractivity contribution in [2.45, 2.75) is 0 Å². The zero-order chi connectivity index (χ0) is 18.8. The molecular weight excluding hydrogens is 476 g/mol. The second-order valence-corrected chi connectivity index (χ2v) is 7.32. The zero-order valence-electron chi connectivity index (χ0n) is 13.7. The van der Waals surface area contributed by atoms with Crippen molar-refractivity contribution >= 4 is 54.9 Å². The van der Waals surface area contributed by atoms with Crippen molar-refractivity contribution < 1.29 is 5.11 Å². The lowest BCUT2D eigenvalue weighted by molar-refractivity contribution is 0.471. The average molecular weight is 488 g/mol. The van der Waals surface area contributed by atoms with E-state index in [1.165, 1.54) is 12.5 Å². The third-order valence-electron chi connectivity index (χ3n) is 3.80. The summed E-state index contributed by atoms with van der Waals surface area (Å²) in [4.78, 5) is 8.56. The van der Waals surface area contributed by atoms with Gasteiger partial charge in [-0.15, -0.1) is 0 Å². The summed E-state index contributed by atoms with van der Waals surface area (Å²) in [6.07, 6.45) is 4.65. The van der Waals surface area contributed by atoms with Crippen molar-refractivity contribution in [1.82, 2.24) is 19.7 Å². The number of fused-ring (bicyclic) bond motifs is 1. The van der Waals surface area contributed by atoms with Gasteiger partial charge in [0, 0.05) is 10.0 Å². The highest BCUT2D eigenvalue weighted by atomic mass is 79.9. The van der Waals surface area contributed by atoms with E-state index < -0.39 is 0 Å². The molecule has 27 heavy (non-hydrogen) atoms. The third kappa shape index (κ3) is 3.56. The number of anilines is 1. The molecule has 0 unspecified atom stereocenters. The number of nitrogens with zero attached hydrogens (tertiary/aromatic N) is 5. The van der Waals surface area contributed by atoms with E-state index in [0.29, 0.717) is 21.5 Å². The van der Waals surface area contributed by atoms with Crippen molar-refractivity contribution in [2.24, 2.45) is 5.10 Å². The molecule has 0 saturated carbocycles. The van der Waals surface area contributed by atoms with Gasteiger partial charge in [0.15, 0.2) is 11.5 Å². The van der Waals surface area contributed by atoms with Crippen LogP contribution in [0.3, 0.4) is 0 Å². The maximum absolute atomic E-state index is 10.1. The summed E-state index contributed by atoms with van der Waals surface area (Å²) in [6.45, 7) is 0. The van der Waals surface area contributed by atoms with Crippen LogP contribution in [0.15, 0.2) is 69.0 Å². The molecule has 0 aliphatic carbocycles. The van der Waals surface area contributed by atoms with Crippen LogP contribution in [0.1, 0.15) is 5.56 Å². The molecule has 0 bridgehead atoms. The van der Waals surface area contributed by atoms with Crippen LogP contribution in [0.2, 0.25) is 0 Å². The molecule has 2 heterocycles. The number of aromatic nitrogens is 4. The first-order chi connectivity index (χ1) is 13.1. The van der Waals surface area contributed by atoms with Gasteiger partial charge in [0.25, 0.3) is 0 Å². The van der Waals surface area contributed by atoms with Gasteiger partial charge in [-0.25, -0.2) is 14.6 Å². The number of hydrazone groups is 1. The molecule has 0 aliphatic rings. The van der Waals surface area contributed by atoms with Crippen LogP contribution in [0.5, 0.6) is 5.75 Å². The van der Waals surface area contributed by atoms with Crippen molar-refractivity contribution in [3.63, 3.8) is 0 Å². The first kappa shape index (κ1) is 17.6. The molecule has 7 nitrogen and oxygen atoms in total. The number of halogens is 2. The van der Waals surface area contributed by atoms with Crippen LogP contribution < -0.4 is 5.43 Å². The largest absolute Gasteiger partial charge is 0.506 e. The molecule has 0 saturated heterocycles. The Morgan fingerprint density at radius 2 is 1.93 bits per heavy atom. The molecule has 0 radical (unpaired) electrons. The lowest BCUT2D eigenvalue weighted by atomic mass is 10.2. The van der Waals surface area contributed by atoms with E-state index in [-0.39, 0.29) is 5.75 Å². The summed E-state index contributed by atoms with van der Waals surface area (Å²) in [7, 11) is 0. The summed E-state index contributed by atoms with van der Waals surface area (Å²) in [5.74, 6) is 0.625. The van der Waals surface area contributed by atoms with Gasteiger partial charge in [-0.1, -0.05) is 34.1 Å². The van der Waals surface area contributed by atoms with Gasteiger partial charge in [0.1, 0.15) is 12.1 Å². The Morgan fingerprint density at radius 3 is 2.74 bits per heavy atom. The Bertz CT molecular complexity index is 1140. The maximum Gasteiger partial charge on any atom is 0.168 e. The quantitative estimate of drug-likeness (QED) is 0.327. The molecular formula is C18H12Br2N6O. The van der Waals surface area contributed by atoms with E-state index in [4.69, 9.17) is 0 Å². The fourth-order valence-electron chi connectivity index (χ4n) is 2.54. The van der Waals surface area contributed by atoms with Crippen LogP contribution >= 0.6 is 31.9 Å². The Labute approximate surface area is 171 Å². The van der Waals surface area contributed by atoms with E-state index in [0.717, 1.165) is 15.5 Å². The number of aromatic hydroxyl groups is 1. The summed E-state index contributed by atoms with van der Waals surface area (Å²) in [6, 6.07) is 13.2. The lowest BCUT2D eigenvalue weighted by Crippen LogP contribution is -1.99. The summed E-state index contributed by atoms with van der Waals surface area (Å²) < 4.78 is 3.14. The van der Waals surface area contributed by atoms with Gasteiger partial charge in [-0.3, -0.25) is 5.43 Å². The molecule has 0 atom stereocenters. The maximum atomic E-state index is 10.1. The topological polar surface area (TPSA) is 88.2 Å². The Hall–Kier alpha value is -2.78. The molecule has 134 valence electrons. The fourth-order valence-corrected chi connectivity index (χ4v) is 3.80. The number of rotatable bonds is 4. The van der Waals surface area contributed by atoms with Crippen LogP contribution in [-0.4, -0.2) is 31.1 Å². The van der Waals surface area contributed by atoms with E-state index in [9.17, 15) is 5.11 Å². The fraction of sp³-hybridized carbons (Fsp3) is 0. The van der Waals surface area contributed by atoms with E-state index in [1.54, 1.807) is 23.0 Å². The van der Waals surface area contributed by atoms with E-state index >= 15 is 0 Å².